The zero-order chi connectivity index (χ0) is 10.7. The number of hydrogen-bond acceptors (Lipinski definition) is 3. The average molecular weight is 297 g/mol. The monoisotopic (exact) mass is 296 g/mol. The van der Waals surface area contributed by atoms with Gasteiger partial charge >= 0.3 is 5.97 Å². The summed E-state index contributed by atoms with van der Waals surface area (Å²) in [5.74, 6) is -0.706. The molecule has 0 aliphatic rings. The normalized spacial score (nSPS) is 15.0. The van der Waals surface area contributed by atoms with E-state index in [0.717, 1.165) is 9.35 Å². The van der Waals surface area contributed by atoms with Gasteiger partial charge in [-0.05, 0) is 28.9 Å². The topological polar surface area (TPSA) is 54.4 Å². The molecule has 14 heavy (non-hydrogen) atoms. The van der Waals surface area contributed by atoms with Gasteiger partial charge in [0.25, 0.3) is 0 Å². The van der Waals surface area contributed by atoms with E-state index in [1.165, 1.54) is 18.3 Å². The minimum Gasteiger partial charge on any atom is -0.480 e. The fourth-order valence-electron chi connectivity index (χ4n) is 0.807. The van der Waals surface area contributed by atoms with Gasteiger partial charge in [-0.3, -0.25) is 9.00 Å². The number of carbonyl (C=O) groups is 1. The van der Waals surface area contributed by atoms with E-state index < -0.39 is 22.0 Å². The third kappa shape index (κ3) is 3.18. The van der Waals surface area contributed by atoms with Gasteiger partial charge in [0, 0.05) is 25.5 Å². The number of rotatable bonds is 4. The first kappa shape index (κ1) is 11.9. The maximum absolute atomic E-state index is 11.5. The van der Waals surface area contributed by atoms with Crippen LogP contribution in [0.25, 0.3) is 0 Å². The SMILES string of the molecule is CC(C(=O)O)S(=O)Cc1cc(Br)cs1. The van der Waals surface area contributed by atoms with Gasteiger partial charge in [-0.1, -0.05) is 0 Å². The van der Waals surface area contributed by atoms with Crippen molar-refractivity contribution in [2.75, 3.05) is 0 Å². The van der Waals surface area contributed by atoms with Crippen molar-refractivity contribution < 1.29 is 14.1 Å². The summed E-state index contributed by atoms with van der Waals surface area (Å²) >= 11 is 4.76. The molecule has 1 N–H and O–H groups in total. The molecule has 2 unspecified atom stereocenters. The Morgan fingerprint density at radius 2 is 2.43 bits per heavy atom. The van der Waals surface area contributed by atoms with Crippen LogP contribution in [-0.4, -0.2) is 20.5 Å². The van der Waals surface area contributed by atoms with Crippen molar-refractivity contribution in [3.63, 3.8) is 0 Å². The summed E-state index contributed by atoms with van der Waals surface area (Å²) in [6.07, 6.45) is 0. The molecule has 78 valence electrons. The van der Waals surface area contributed by atoms with E-state index in [2.05, 4.69) is 15.9 Å². The summed E-state index contributed by atoms with van der Waals surface area (Å²) in [5.41, 5.74) is 0. The van der Waals surface area contributed by atoms with Crippen LogP contribution in [0.3, 0.4) is 0 Å². The van der Waals surface area contributed by atoms with Crippen molar-refractivity contribution in [2.45, 2.75) is 17.9 Å². The van der Waals surface area contributed by atoms with Crippen molar-refractivity contribution in [3.05, 3.63) is 20.8 Å². The minimum absolute atomic E-state index is 0.309. The molecule has 1 aromatic heterocycles. The van der Waals surface area contributed by atoms with E-state index in [-0.39, 0.29) is 0 Å². The number of halogens is 1. The van der Waals surface area contributed by atoms with Crippen molar-refractivity contribution >= 4 is 44.0 Å². The highest BCUT2D eigenvalue weighted by atomic mass is 79.9. The first-order valence-corrected chi connectivity index (χ1v) is 6.89. The largest absolute Gasteiger partial charge is 0.480 e. The zero-order valence-electron chi connectivity index (χ0n) is 7.40. The molecule has 1 rings (SSSR count). The molecule has 0 saturated carbocycles. The fraction of sp³-hybridized carbons (Fsp3) is 0.375. The van der Waals surface area contributed by atoms with Crippen LogP contribution in [0.2, 0.25) is 0 Å². The Labute approximate surface area is 96.7 Å². The standard InChI is InChI=1S/C8H9BrO3S2/c1-5(8(10)11)14(12)4-7-2-6(9)3-13-7/h2-3,5H,4H2,1H3,(H,10,11). The number of hydrogen-bond donors (Lipinski definition) is 1. The molecule has 0 bridgehead atoms. The first-order chi connectivity index (χ1) is 6.50. The van der Waals surface area contributed by atoms with Crippen LogP contribution in [0.15, 0.2) is 15.9 Å². The van der Waals surface area contributed by atoms with E-state index >= 15 is 0 Å². The molecule has 1 heterocycles. The summed E-state index contributed by atoms with van der Waals surface area (Å²) in [5, 5.41) is 9.71. The van der Waals surface area contributed by atoms with Crippen LogP contribution >= 0.6 is 27.3 Å². The molecule has 3 nitrogen and oxygen atoms in total. The molecule has 0 fully saturated rings. The molecule has 1 aromatic rings. The van der Waals surface area contributed by atoms with Gasteiger partial charge in [-0.15, -0.1) is 11.3 Å². The molecular weight excluding hydrogens is 288 g/mol. The minimum atomic E-state index is -1.34. The Balaban J connectivity index is 2.61. The summed E-state index contributed by atoms with van der Waals surface area (Å²) in [4.78, 5) is 11.5. The van der Waals surface area contributed by atoms with Gasteiger partial charge in [0.1, 0.15) is 5.25 Å². The van der Waals surface area contributed by atoms with E-state index in [9.17, 15) is 9.00 Å². The quantitative estimate of drug-likeness (QED) is 0.927. The number of thiophene rings is 1. The average Bonchev–Trinajstić information content (AvgIpc) is 2.49. The molecular formula is C8H9BrO3S2. The lowest BCUT2D eigenvalue weighted by molar-refractivity contribution is -0.136. The van der Waals surface area contributed by atoms with E-state index in [0.29, 0.717) is 5.75 Å². The van der Waals surface area contributed by atoms with Crippen LogP contribution in [0.4, 0.5) is 0 Å². The number of carboxylic acid groups (broad SMARTS) is 1. The highest BCUT2D eigenvalue weighted by Crippen LogP contribution is 2.21. The first-order valence-electron chi connectivity index (χ1n) is 3.83. The predicted molar refractivity (Wildman–Crippen MR) is 61.0 cm³/mol. The van der Waals surface area contributed by atoms with Gasteiger partial charge in [0.15, 0.2) is 0 Å². The second kappa shape index (κ2) is 5.04. The lowest BCUT2D eigenvalue weighted by atomic mass is 10.5. The Kier molecular flexibility index (Phi) is 4.28. The molecule has 0 aromatic carbocycles. The molecule has 0 saturated heterocycles. The van der Waals surface area contributed by atoms with Crippen LogP contribution < -0.4 is 0 Å². The van der Waals surface area contributed by atoms with Gasteiger partial charge in [0.05, 0.1) is 5.75 Å². The van der Waals surface area contributed by atoms with Crippen molar-refractivity contribution in [2.24, 2.45) is 0 Å². The smallest absolute Gasteiger partial charge is 0.318 e. The summed E-state index contributed by atoms with van der Waals surface area (Å²) < 4.78 is 12.4. The van der Waals surface area contributed by atoms with E-state index in [1.54, 1.807) is 0 Å². The maximum Gasteiger partial charge on any atom is 0.318 e. The van der Waals surface area contributed by atoms with Crippen LogP contribution in [0.1, 0.15) is 11.8 Å². The van der Waals surface area contributed by atoms with E-state index in [4.69, 9.17) is 5.11 Å². The summed E-state index contributed by atoms with van der Waals surface area (Å²) in [7, 11) is -1.34. The van der Waals surface area contributed by atoms with Crippen molar-refractivity contribution in [1.82, 2.24) is 0 Å². The lowest BCUT2D eigenvalue weighted by Crippen LogP contribution is -2.22. The van der Waals surface area contributed by atoms with Crippen LogP contribution in [0, 0.1) is 0 Å². The molecule has 0 aliphatic heterocycles. The fourth-order valence-corrected chi connectivity index (χ4v) is 3.50. The zero-order valence-corrected chi connectivity index (χ0v) is 10.6. The highest BCUT2D eigenvalue weighted by Gasteiger charge is 2.19. The highest BCUT2D eigenvalue weighted by molar-refractivity contribution is 9.10. The maximum atomic E-state index is 11.5. The number of carboxylic acids is 1. The van der Waals surface area contributed by atoms with Gasteiger partial charge in [-0.2, -0.15) is 0 Å². The Morgan fingerprint density at radius 1 is 1.79 bits per heavy atom. The Hall–Kier alpha value is -0.200. The molecule has 0 radical (unpaired) electrons. The Morgan fingerprint density at radius 3 is 2.86 bits per heavy atom. The van der Waals surface area contributed by atoms with Crippen LogP contribution in [-0.2, 0) is 21.3 Å². The second-order valence-corrected chi connectivity index (χ2v) is 6.41. The van der Waals surface area contributed by atoms with Gasteiger partial charge in [0.2, 0.25) is 0 Å². The van der Waals surface area contributed by atoms with Crippen molar-refractivity contribution in [1.29, 1.82) is 0 Å². The molecule has 6 heteroatoms. The van der Waals surface area contributed by atoms with Gasteiger partial charge in [-0.25, -0.2) is 0 Å². The third-order valence-corrected chi connectivity index (χ3v) is 5.11. The summed E-state index contributed by atoms with van der Waals surface area (Å²) in [6, 6.07) is 1.86. The molecule has 0 amide bonds. The lowest BCUT2D eigenvalue weighted by Gasteiger charge is -2.04. The third-order valence-electron chi connectivity index (χ3n) is 1.65. The molecule has 0 spiro atoms. The van der Waals surface area contributed by atoms with E-state index in [1.807, 2.05) is 11.4 Å². The van der Waals surface area contributed by atoms with Crippen LogP contribution in [0.5, 0.6) is 0 Å². The number of aliphatic carboxylic acids is 1. The Bertz CT molecular complexity index is 361. The van der Waals surface area contributed by atoms with Gasteiger partial charge < -0.3 is 5.11 Å². The molecule has 2 atom stereocenters. The van der Waals surface area contributed by atoms with Crippen molar-refractivity contribution in [3.8, 4) is 0 Å². The predicted octanol–water partition coefficient (Wildman–Crippen LogP) is 2.23. The summed E-state index contributed by atoms with van der Waals surface area (Å²) in [6.45, 7) is 1.46. The molecule has 0 aliphatic carbocycles. The second-order valence-electron chi connectivity index (χ2n) is 2.74.